The smallest absolute Gasteiger partial charge is 0.352 e. The second-order valence-electron chi connectivity index (χ2n) is 7.49. The minimum absolute atomic E-state index is 0.105. The second kappa shape index (κ2) is 10.3. The molecule has 35 heavy (non-hydrogen) atoms. The fraction of sp³-hybridized carbons (Fsp3) is 0.316. The van der Waals surface area contributed by atoms with Crippen LogP contribution < -0.4 is 21.9 Å². The minimum Gasteiger partial charge on any atom is -0.477 e. The van der Waals surface area contributed by atoms with Crippen LogP contribution in [-0.4, -0.2) is 76.9 Å². The van der Waals surface area contributed by atoms with E-state index >= 15 is 0 Å². The lowest BCUT2D eigenvalue weighted by molar-refractivity contribution is -0.151. The zero-order chi connectivity index (χ0) is 25.1. The molecule has 4 rings (SSSR count). The summed E-state index contributed by atoms with van der Waals surface area (Å²) >= 11 is 2.60. The minimum atomic E-state index is -1.23. The van der Waals surface area contributed by atoms with E-state index < -0.39 is 41.3 Å². The van der Waals surface area contributed by atoms with E-state index in [0.717, 1.165) is 0 Å². The van der Waals surface area contributed by atoms with Crippen LogP contribution in [0.1, 0.15) is 11.6 Å². The number of carbonyl (C=O) groups is 4. The number of hydrogen-bond donors (Lipinski definition) is 5. The van der Waals surface area contributed by atoms with Crippen LogP contribution in [0.2, 0.25) is 0 Å². The van der Waals surface area contributed by atoms with E-state index in [9.17, 15) is 24.3 Å². The van der Waals surface area contributed by atoms with Gasteiger partial charge in [0.1, 0.15) is 23.2 Å². The molecule has 3 heterocycles. The third-order valence-electron chi connectivity index (χ3n) is 5.31. The van der Waals surface area contributed by atoms with E-state index in [-0.39, 0.29) is 11.4 Å². The Morgan fingerprint density at radius 1 is 1.31 bits per heavy atom. The van der Waals surface area contributed by atoms with Crippen molar-refractivity contribution in [1.82, 2.24) is 41.2 Å². The maximum absolute atomic E-state index is 13.0. The van der Waals surface area contributed by atoms with E-state index in [1.54, 1.807) is 37.4 Å². The summed E-state index contributed by atoms with van der Waals surface area (Å²) in [6.07, 6.45) is 0. The summed E-state index contributed by atoms with van der Waals surface area (Å²) in [5.74, 6) is 3.35. The van der Waals surface area contributed by atoms with E-state index in [2.05, 4.69) is 26.2 Å². The summed E-state index contributed by atoms with van der Waals surface area (Å²) in [6.45, 7) is 0. The monoisotopic (exact) mass is 519 g/mol. The lowest BCUT2D eigenvalue weighted by atomic mass is 10.0. The molecule has 0 bridgehead atoms. The quantitative estimate of drug-likeness (QED) is 0.0938. The summed E-state index contributed by atoms with van der Waals surface area (Å²) in [6, 6.07) is 5.60. The molecule has 1 aromatic carbocycles. The number of hydrogen-bond acceptors (Lipinski definition) is 10. The topological polar surface area (TPSA) is 197 Å². The van der Waals surface area contributed by atoms with E-state index in [1.165, 1.54) is 33.1 Å². The lowest BCUT2D eigenvalue weighted by Crippen LogP contribution is -2.71. The largest absolute Gasteiger partial charge is 0.477 e. The molecule has 1 fully saturated rings. The van der Waals surface area contributed by atoms with Crippen LogP contribution in [-0.2, 0) is 21.4 Å². The Morgan fingerprint density at radius 2 is 2.06 bits per heavy atom. The number of amides is 4. The van der Waals surface area contributed by atoms with Crippen molar-refractivity contribution in [3.8, 4) is 0 Å². The zero-order valence-corrected chi connectivity index (χ0v) is 19.9. The van der Waals surface area contributed by atoms with Gasteiger partial charge in [-0.1, -0.05) is 42.1 Å². The summed E-state index contributed by atoms with van der Waals surface area (Å²) in [4.78, 5) is 51.0. The van der Waals surface area contributed by atoms with E-state index in [4.69, 9.17) is 5.84 Å². The van der Waals surface area contributed by atoms with Gasteiger partial charge in [0.25, 0.3) is 5.91 Å². The number of carboxylic acid groups (broad SMARTS) is 1. The Morgan fingerprint density at radius 3 is 2.69 bits per heavy atom. The molecule has 2 unspecified atom stereocenters. The molecule has 0 saturated carbocycles. The molecule has 2 aliphatic heterocycles. The van der Waals surface area contributed by atoms with Gasteiger partial charge in [0.2, 0.25) is 11.1 Å². The Labute approximate surface area is 207 Å². The van der Waals surface area contributed by atoms with Gasteiger partial charge in [0, 0.05) is 18.6 Å². The first-order valence-corrected chi connectivity index (χ1v) is 12.2. The van der Waals surface area contributed by atoms with Crippen molar-refractivity contribution in [2.24, 2.45) is 12.9 Å². The molecule has 6 N–H and O–H groups in total. The number of benzene rings is 1. The van der Waals surface area contributed by atoms with Gasteiger partial charge in [-0.2, -0.15) is 0 Å². The van der Waals surface area contributed by atoms with Crippen LogP contribution >= 0.6 is 23.5 Å². The van der Waals surface area contributed by atoms with Crippen molar-refractivity contribution in [3.63, 3.8) is 0 Å². The Hall–Kier alpha value is -3.63. The van der Waals surface area contributed by atoms with Crippen molar-refractivity contribution in [3.05, 3.63) is 47.2 Å². The molecule has 3 atom stereocenters. The highest BCUT2D eigenvalue weighted by Gasteiger charge is 2.54. The van der Waals surface area contributed by atoms with Crippen LogP contribution in [0.4, 0.5) is 4.79 Å². The Balaban J connectivity index is 1.49. The maximum Gasteiger partial charge on any atom is 0.352 e. The first-order chi connectivity index (χ1) is 16.8. The molecule has 2 aliphatic rings. The number of tetrazole rings is 1. The first-order valence-electron chi connectivity index (χ1n) is 10.2. The molecule has 14 nitrogen and oxygen atoms in total. The fourth-order valence-corrected chi connectivity index (χ4v) is 5.98. The lowest BCUT2D eigenvalue weighted by Gasteiger charge is -2.49. The summed E-state index contributed by atoms with van der Waals surface area (Å²) < 4.78 is 1.47. The third kappa shape index (κ3) is 4.94. The molecule has 0 aliphatic carbocycles. The van der Waals surface area contributed by atoms with E-state index in [1.807, 2.05) is 5.43 Å². The number of aliphatic carboxylic acids is 1. The predicted molar refractivity (Wildman–Crippen MR) is 124 cm³/mol. The standard InChI is InChI=1S/C19H21N9O5S2/c1-27-19(24-25-26-27)35-8-10-7-34-16-12(15(30)28(16)13(10)17(31)32)21-14(29)11(22-18(33)23-20)9-5-3-2-4-6-9/h2-6,11-12,16H,7-8,20H2,1H3,(H,21,29)(H,31,32)(H2,22,23,33)/t11?,12-,16?/m0/s1. The van der Waals surface area contributed by atoms with Crippen LogP contribution in [0.25, 0.3) is 0 Å². The van der Waals surface area contributed by atoms with Crippen molar-refractivity contribution in [1.29, 1.82) is 0 Å². The van der Waals surface area contributed by atoms with Gasteiger partial charge in [-0.25, -0.2) is 20.1 Å². The highest BCUT2D eigenvalue weighted by Crippen LogP contribution is 2.41. The van der Waals surface area contributed by atoms with Crippen molar-refractivity contribution >= 4 is 47.3 Å². The summed E-state index contributed by atoms with van der Waals surface area (Å²) in [7, 11) is 1.67. The van der Waals surface area contributed by atoms with Crippen LogP contribution in [0, 0.1) is 0 Å². The van der Waals surface area contributed by atoms with Crippen molar-refractivity contribution < 1.29 is 24.3 Å². The molecule has 1 saturated heterocycles. The number of aromatic nitrogens is 4. The molecule has 1 aromatic heterocycles. The Kier molecular flexibility index (Phi) is 7.23. The van der Waals surface area contributed by atoms with Gasteiger partial charge in [0.05, 0.1) is 0 Å². The van der Waals surface area contributed by atoms with E-state index in [0.29, 0.717) is 22.0 Å². The number of β-lactam (4-membered cyclic amide) rings is 1. The number of rotatable bonds is 8. The van der Waals surface area contributed by atoms with Gasteiger partial charge < -0.3 is 15.7 Å². The normalized spacial score (nSPS) is 19.9. The van der Waals surface area contributed by atoms with Gasteiger partial charge in [-0.15, -0.1) is 16.9 Å². The summed E-state index contributed by atoms with van der Waals surface area (Å²) in [5.41, 5.74) is 2.84. The maximum atomic E-state index is 13.0. The van der Waals surface area contributed by atoms with Gasteiger partial charge in [0.15, 0.2) is 0 Å². The van der Waals surface area contributed by atoms with Crippen LogP contribution in [0.3, 0.4) is 0 Å². The SMILES string of the molecule is Cn1nnnc1SCC1=C(C(=O)O)N2C(=O)[C@H](NC(=O)C(NC(=O)NN)c3ccccc3)C2SC1. The molecule has 2 aromatic rings. The number of fused-ring (bicyclic) bond motifs is 1. The van der Waals surface area contributed by atoms with Gasteiger partial charge >= 0.3 is 12.0 Å². The van der Waals surface area contributed by atoms with Crippen molar-refractivity contribution in [2.75, 3.05) is 11.5 Å². The summed E-state index contributed by atoms with van der Waals surface area (Å²) in [5, 5.41) is 26.0. The van der Waals surface area contributed by atoms with Crippen molar-refractivity contribution in [2.45, 2.75) is 22.6 Å². The van der Waals surface area contributed by atoms with Crippen LogP contribution in [0.15, 0.2) is 46.8 Å². The average Bonchev–Trinajstić information content (AvgIpc) is 3.28. The number of hydrazine groups is 1. The number of urea groups is 1. The average molecular weight is 520 g/mol. The number of aryl methyl sites for hydroxylation is 1. The predicted octanol–water partition coefficient (Wildman–Crippen LogP) is -1.04. The fourth-order valence-electron chi connectivity index (χ4n) is 3.64. The zero-order valence-electron chi connectivity index (χ0n) is 18.2. The molecule has 0 radical (unpaired) electrons. The number of nitrogens with one attached hydrogen (secondary N) is 3. The molecule has 16 heteroatoms. The highest BCUT2D eigenvalue weighted by molar-refractivity contribution is 8.01. The first kappa shape index (κ1) is 24.5. The molecule has 0 spiro atoms. The van der Waals surface area contributed by atoms with Crippen LogP contribution in [0.5, 0.6) is 0 Å². The highest BCUT2D eigenvalue weighted by atomic mass is 32.2. The molecular formula is C19H21N9O5S2. The van der Waals surface area contributed by atoms with Gasteiger partial charge in [-0.3, -0.25) is 19.9 Å². The molecular weight excluding hydrogens is 498 g/mol. The number of carboxylic acids is 1. The number of thioether (sulfide) groups is 2. The molecule has 4 amide bonds. The number of carbonyl (C=O) groups excluding carboxylic acids is 3. The number of nitrogens with zero attached hydrogens (tertiary/aromatic N) is 5. The third-order valence-corrected chi connectivity index (χ3v) is 7.74. The van der Waals surface area contributed by atoms with Gasteiger partial charge in [-0.05, 0) is 21.6 Å². The molecule has 184 valence electrons. The number of nitrogens with two attached hydrogens (primary N) is 1. The Bertz CT molecular complexity index is 1190. The second-order valence-corrected chi connectivity index (χ2v) is 9.54.